The number of benzene rings is 1. The van der Waals surface area contributed by atoms with Gasteiger partial charge in [0.2, 0.25) is 5.82 Å². The van der Waals surface area contributed by atoms with Crippen LogP contribution >= 0.6 is 0 Å². The Morgan fingerprint density at radius 1 is 1.31 bits per heavy atom. The van der Waals surface area contributed by atoms with Crippen LogP contribution in [0.4, 0.5) is 11.5 Å². The SMILES string of the molecule is ON1CNc2cn[n+](-c3ccccc3)nc21. The summed E-state index contributed by atoms with van der Waals surface area (Å²) in [4.78, 5) is 1.48. The molecule has 6 heteroatoms. The molecule has 1 aromatic carbocycles. The molecule has 2 N–H and O–H groups in total. The van der Waals surface area contributed by atoms with E-state index >= 15 is 0 Å². The molecule has 0 spiro atoms. The molecule has 0 aliphatic carbocycles. The molecule has 0 saturated heterocycles. The van der Waals surface area contributed by atoms with Crippen molar-refractivity contribution in [1.29, 1.82) is 0 Å². The first kappa shape index (κ1) is 9.05. The lowest BCUT2D eigenvalue weighted by molar-refractivity contribution is -0.718. The highest BCUT2D eigenvalue weighted by molar-refractivity contribution is 5.66. The molecule has 16 heavy (non-hydrogen) atoms. The van der Waals surface area contributed by atoms with Gasteiger partial charge in [-0.15, -0.1) is 0 Å². The Bertz CT molecular complexity index is 516. The van der Waals surface area contributed by atoms with Gasteiger partial charge in [0.05, 0.1) is 9.90 Å². The van der Waals surface area contributed by atoms with Crippen molar-refractivity contribution in [3.63, 3.8) is 0 Å². The van der Waals surface area contributed by atoms with Crippen LogP contribution in [0.1, 0.15) is 0 Å². The average molecular weight is 216 g/mol. The molecule has 0 unspecified atom stereocenters. The van der Waals surface area contributed by atoms with Crippen molar-refractivity contribution in [2.75, 3.05) is 17.0 Å². The minimum Gasteiger partial charge on any atom is -0.361 e. The van der Waals surface area contributed by atoms with Gasteiger partial charge >= 0.3 is 0 Å². The predicted molar refractivity (Wildman–Crippen MR) is 56.3 cm³/mol. The zero-order chi connectivity index (χ0) is 11.0. The number of nitrogens with one attached hydrogen (secondary N) is 1. The predicted octanol–water partition coefficient (Wildman–Crippen LogP) is 0.332. The fourth-order valence-electron chi connectivity index (χ4n) is 1.58. The van der Waals surface area contributed by atoms with Crippen LogP contribution in [-0.2, 0) is 0 Å². The fourth-order valence-corrected chi connectivity index (χ4v) is 1.58. The summed E-state index contributed by atoms with van der Waals surface area (Å²) >= 11 is 0. The van der Waals surface area contributed by atoms with Gasteiger partial charge in [0, 0.05) is 17.2 Å². The van der Waals surface area contributed by atoms with Gasteiger partial charge in [-0.25, -0.2) is 5.06 Å². The van der Waals surface area contributed by atoms with Crippen LogP contribution in [0.3, 0.4) is 0 Å². The largest absolute Gasteiger partial charge is 0.361 e. The number of rotatable bonds is 1. The van der Waals surface area contributed by atoms with Gasteiger partial charge in [0.25, 0.3) is 5.69 Å². The number of hydrogen-bond acceptors (Lipinski definition) is 5. The second-order valence-electron chi connectivity index (χ2n) is 3.44. The standard InChI is InChI=1S/C10H9N5O/c16-14-7-11-9-6-12-15(13-10(9)14)8-4-2-1-3-5-8/h1-6,16H,7H2/p+1. The molecule has 80 valence electrons. The molecule has 1 aliphatic heterocycles. The van der Waals surface area contributed by atoms with Gasteiger partial charge in [0.1, 0.15) is 18.6 Å². The van der Waals surface area contributed by atoms with Crippen molar-refractivity contribution in [1.82, 2.24) is 10.2 Å². The average Bonchev–Trinajstić information content (AvgIpc) is 2.72. The summed E-state index contributed by atoms with van der Waals surface area (Å²) < 4.78 is 0. The van der Waals surface area contributed by atoms with Crippen LogP contribution in [0.25, 0.3) is 5.69 Å². The van der Waals surface area contributed by atoms with Crippen LogP contribution in [-0.4, -0.2) is 22.1 Å². The second kappa shape index (κ2) is 3.42. The molecule has 0 saturated carbocycles. The number of hydroxylamine groups is 1. The molecule has 6 nitrogen and oxygen atoms in total. The van der Waals surface area contributed by atoms with E-state index in [1.165, 1.54) is 4.80 Å². The summed E-state index contributed by atoms with van der Waals surface area (Å²) in [5, 5.41) is 21.9. The van der Waals surface area contributed by atoms with Gasteiger partial charge in [-0.2, -0.15) is 0 Å². The van der Waals surface area contributed by atoms with E-state index in [0.717, 1.165) is 16.4 Å². The Labute approximate surface area is 91.7 Å². The van der Waals surface area contributed by atoms with Crippen molar-refractivity contribution < 1.29 is 10.0 Å². The van der Waals surface area contributed by atoms with Crippen molar-refractivity contribution in [3.8, 4) is 5.69 Å². The van der Waals surface area contributed by atoms with Crippen molar-refractivity contribution >= 4 is 11.5 Å². The van der Waals surface area contributed by atoms with Gasteiger partial charge in [0.15, 0.2) is 0 Å². The summed E-state index contributed by atoms with van der Waals surface area (Å²) in [6, 6.07) is 9.55. The minimum atomic E-state index is 0.336. The summed E-state index contributed by atoms with van der Waals surface area (Å²) in [6.45, 7) is 0.336. The maximum atomic E-state index is 9.52. The molecule has 0 radical (unpaired) electrons. The monoisotopic (exact) mass is 216 g/mol. The number of aromatic nitrogens is 3. The minimum absolute atomic E-state index is 0.336. The molecular formula is C10H10N5O+. The zero-order valence-electron chi connectivity index (χ0n) is 8.41. The van der Waals surface area contributed by atoms with Crippen molar-refractivity contribution in [3.05, 3.63) is 36.5 Å². The highest BCUT2D eigenvalue weighted by Crippen LogP contribution is 2.24. The highest BCUT2D eigenvalue weighted by atomic mass is 16.5. The second-order valence-corrected chi connectivity index (χ2v) is 3.44. The molecule has 1 aliphatic rings. The maximum absolute atomic E-state index is 9.52. The third-order valence-corrected chi connectivity index (χ3v) is 2.38. The van der Waals surface area contributed by atoms with Crippen LogP contribution in [0.15, 0.2) is 36.5 Å². The number of hydrogen-bond donors (Lipinski definition) is 2. The summed E-state index contributed by atoms with van der Waals surface area (Å²) in [5.41, 5.74) is 1.58. The number of nitrogens with zero attached hydrogens (tertiary/aromatic N) is 4. The third-order valence-electron chi connectivity index (χ3n) is 2.38. The molecule has 2 heterocycles. The highest BCUT2D eigenvalue weighted by Gasteiger charge is 2.24. The van der Waals surface area contributed by atoms with Crippen LogP contribution in [0.5, 0.6) is 0 Å². The molecule has 2 aromatic rings. The maximum Gasteiger partial charge on any atom is 0.268 e. The van der Waals surface area contributed by atoms with Crippen LogP contribution in [0.2, 0.25) is 0 Å². The van der Waals surface area contributed by atoms with E-state index in [9.17, 15) is 5.21 Å². The van der Waals surface area contributed by atoms with Crippen molar-refractivity contribution in [2.24, 2.45) is 0 Å². The summed E-state index contributed by atoms with van der Waals surface area (Å²) in [6.07, 6.45) is 1.64. The van der Waals surface area contributed by atoms with Crippen molar-refractivity contribution in [2.45, 2.75) is 0 Å². The first-order valence-corrected chi connectivity index (χ1v) is 4.90. The van der Waals surface area contributed by atoms with Gasteiger partial charge < -0.3 is 5.32 Å². The normalized spacial score (nSPS) is 13.4. The van der Waals surface area contributed by atoms with E-state index in [0.29, 0.717) is 12.5 Å². The Morgan fingerprint density at radius 2 is 2.12 bits per heavy atom. The lowest BCUT2D eigenvalue weighted by atomic mass is 10.3. The number of fused-ring (bicyclic) bond motifs is 1. The van der Waals surface area contributed by atoms with Gasteiger partial charge in [-0.1, -0.05) is 18.2 Å². The fraction of sp³-hybridized carbons (Fsp3) is 0.100. The van der Waals surface area contributed by atoms with E-state index in [2.05, 4.69) is 15.5 Å². The molecule has 3 rings (SSSR count). The molecular weight excluding hydrogens is 206 g/mol. The van der Waals surface area contributed by atoms with E-state index in [1.54, 1.807) is 6.20 Å². The van der Waals surface area contributed by atoms with Crippen LogP contribution in [0, 0.1) is 0 Å². The lowest BCUT2D eigenvalue weighted by Gasteiger charge is -2.02. The lowest BCUT2D eigenvalue weighted by Crippen LogP contribution is -2.40. The van der Waals surface area contributed by atoms with E-state index < -0.39 is 0 Å². The Hall–Kier alpha value is -2.21. The van der Waals surface area contributed by atoms with E-state index in [1.807, 2.05) is 30.3 Å². The quantitative estimate of drug-likeness (QED) is 0.672. The third kappa shape index (κ3) is 1.36. The van der Waals surface area contributed by atoms with E-state index in [-0.39, 0.29) is 0 Å². The summed E-state index contributed by atoms with van der Waals surface area (Å²) in [5.74, 6) is 0.485. The molecule has 0 fully saturated rings. The Balaban J connectivity index is 2.08. The van der Waals surface area contributed by atoms with E-state index in [4.69, 9.17) is 0 Å². The molecule has 0 amide bonds. The number of para-hydroxylation sites is 1. The summed E-state index contributed by atoms with van der Waals surface area (Å²) in [7, 11) is 0. The zero-order valence-corrected chi connectivity index (χ0v) is 8.41. The van der Waals surface area contributed by atoms with Crippen LogP contribution < -0.4 is 15.2 Å². The van der Waals surface area contributed by atoms with Gasteiger partial charge in [-0.3, -0.25) is 5.21 Å². The molecule has 1 aromatic heterocycles. The molecule has 0 bridgehead atoms. The Morgan fingerprint density at radius 3 is 2.94 bits per heavy atom. The number of anilines is 2. The topological polar surface area (TPSA) is 65.2 Å². The molecule has 0 atom stereocenters. The smallest absolute Gasteiger partial charge is 0.268 e. The Kier molecular flexibility index (Phi) is 1.94. The van der Waals surface area contributed by atoms with Gasteiger partial charge in [-0.05, 0) is 0 Å². The first-order valence-electron chi connectivity index (χ1n) is 4.90. The first-order chi connectivity index (χ1) is 7.84.